The largest absolute Gasteiger partial charge is 0.314 e. The maximum atomic E-state index is 3.80. The highest BCUT2D eigenvalue weighted by molar-refractivity contribution is 5.25. The van der Waals surface area contributed by atoms with Gasteiger partial charge in [0.1, 0.15) is 0 Å². The van der Waals surface area contributed by atoms with E-state index < -0.39 is 0 Å². The van der Waals surface area contributed by atoms with E-state index in [1.165, 1.54) is 62.6 Å². The second kappa shape index (κ2) is 7.69. The Bertz CT molecular complexity index is 366. The fourth-order valence-electron chi connectivity index (χ4n) is 3.40. The number of rotatable bonds is 7. The predicted molar refractivity (Wildman–Crippen MR) is 83.5 cm³/mol. The van der Waals surface area contributed by atoms with Gasteiger partial charge in [-0.25, -0.2) is 0 Å². The van der Waals surface area contributed by atoms with Crippen LogP contribution in [0.3, 0.4) is 0 Å². The molecule has 1 heteroatoms. The third-order valence-electron chi connectivity index (χ3n) is 4.61. The predicted octanol–water partition coefficient (Wildman–Crippen LogP) is 4.49. The molecule has 1 aromatic rings. The molecule has 0 aliphatic heterocycles. The zero-order chi connectivity index (χ0) is 13.5. The summed E-state index contributed by atoms with van der Waals surface area (Å²) in [5, 5.41) is 3.80. The molecule has 106 valence electrons. The van der Waals surface area contributed by atoms with Gasteiger partial charge in [-0.1, -0.05) is 44.0 Å². The number of benzene rings is 1. The Balaban J connectivity index is 1.90. The highest BCUT2D eigenvalue weighted by Gasteiger charge is 2.24. The molecule has 0 heterocycles. The molecule has 0 bridgehead atoms. The van der Waals surface area contributed by atoms with Crippen LogP contribution in [0.25, 0.3) is 0 Å². The van der Waals surface area contributed by atoms with Crippen molar-refractivity contribution in [2.75, 3.05) is 6.54 Å². The Hall–Kier alpha value is -0.820. The fourth-order valence-corrected chi connectivity index (χ4v) is 3.40. The van der Waals surface area contributed by atoms with E-state index in [1.807, 2.05) is 0 Å². The van der Waals surface area contributed by atoms with Gasteiger partial charge in [-0.3, -0.25) is 0 Å². The van der Waals surface area contributed by atoms with Crippen molar-refractivity contribution in [2.24, 2.45) is 5.92 Å². The topological polar surface area (TPSA) is 12.0 Å². The van der Waals surface area contributed by atoms with Crippen molar-refractivity contribution >= 4 is 0 Å². The van der Waals surface area contributed by atoms with Gasteiger partial charge in [0.2, 0.25) is 0 Å². The highest BCUT2D eigenvalue weighted by Crippen LogP contribution is 2.29. The first-order valence-corrected chi connectivity index (χ1v) is 8.09. The lowest BCUT2D eigenvalue weighted by Crippen LogP contribution is -2.36. The number of nitrogens with one attached hydrogen (secondary N) is 1. The van der Waals surface area contributed by atoms with E-state index in [9.17, 15) is 0 Å². The van der Waals surface area contributed by atoms with Crippen LogP contribution >= 0.6 is 0 Å². The molecule has 0 aromatic heterocycles. The smallest absolute Gasteiger partial charge is 0.00984 e. The third kappa shape index (κ3) is 4.35. The van der Waals surface area contributed by atoms with E-state index in [4.69, 9.17) is 0 Å². The summed E-state index contributed by atoms with van der Waals surface area (Å²) in [5.74, 6) is 0.926. The van der Waals surface area contributed by atoms with Crippen LogP contribution in [-0.4, -0.2) is 12.6 Å². The molecule has 1 N–H and O–H groups in total. The number of hydrogen-bond acceptors (Lipinski definition) is 1. The molecule has 1 nitrogen and oxygen atoms in total. The van der Waals surface area contributed by atoms with Crippen molar-refractivity contribution in [1.82, 2.24) is 5.32 Å². The van der Waals surface area contributed by atoms with Crippen molar-refractivity contribution in [3.8, 4) is 0 Å². The van der Waals surface area contributed by atoms with Gasteiger partial charge in [0.05, 0.1) is 0 Å². The van der Waals surface area contributed by atoms with Crippen LogP contribution in [0.2, 0.25) is 0 Å². The van der Waals surface area contributed by atoms with Crippen LogP contribution in [0.5, 0.6) is 0 Å². The summed E-state index contributed by atoms with van der Waals surface area (Å²) in [6, 6.07) is 9.58. The summed E-state index contributed by atoms with van der Waals surface area (Å²) >= 11 is 0. The normalized spacial score (nSPS) is 17.8. The molecule has 1 unspecified atom stereocenters. The Morgan fingerprint density at radius 3 is 2.63 bits per heavy atom. The summed E-state index contributed by atoms with van der Waals surface area (Å²) in [6.07, 6.45) is 9.54. The van der Waals surface area contributed by atoms with E-state index in [0.29, 0.717) is 0 Å². The van der Waals surface area contributed by atoms with Gasteiger partial charge < -0.3 is 5.32 Å². The molecule has 19 heavy (non-hydrogen) atoms. The average Bonchev–Trinajstić information content (AvgIpc) is 2.94. The molecule has 0 radical (unpaired) electrons. The fraction of sp³-hybridized carbons (Fsp3) is 0.667. The van der Waals surface area contributed by atoms with Crippen LogP contribution in [0.15, 0.2) is 24.3 Å². The van der Waals surface area contributed by atoms with Crippen molar-refractivity contribution in [3.63, 3.8) is 0 Å². The zero-order valence-electron chi connectivity index (χ0n) is 12.6. The van der Waals surface area contributed by atoms with Crippen LogP contribution in [0.4, 0.5) is 0 Å². The first-order chi connectivity index (χ1) is 9.31. The van der Waals surface area contributed by atoms with Crippen molar-refractivity contribution in [1.29, 1.82) is 0 Å². The lowest BCUT2D eigenvalue weighted by Gasteiger charge is -2.25. The van der Waals surface area contributed by atoms with Crippen LogP contribution in [-0.2, 0) is 6.42 Å². The van der Waals surface area contributed by atoms with Gasteiger partial charge >= 0.3 is 0 Å². The quantitative estimate of drug-likeness (QED) is 0.761. The average molecular weight is 259 g/mol. The minimum absolute atomic E-state index is 0.738. The lowest BCUT2D eigenvalue weighted by atomic mass is 9.91. The van der Waals surface area contributed by atoms with Crippen molar-refractivity contribution in [2.45, 2.75) is 64.8 Å². The maximum absolute atomic E-state index is 3.80. The van der Waals surface area contributed by atoms with Crippen molar-refractivity contribution < 1.29 is 0 Å². The molecule has 2 rings (SSSR count). The van der Waals surface area contributed by atoms with E-state index in [2.05, 4.69) is 43.4 Å². The van der Waals surface area contributed by atoms with Crippen LogP contribution < -0.4 is 5.32 Å². The summed E-state index contributed by atoms with van der Waals surface area (Å²) in [7, 11) is 0. The lowest BCUT2D eigenvalue weighted by molar-refractivity contribution is 0.340. The molecule has 1 aromatic carbocycles. The van der Waals surface area contributed by atoms with Gasteiger partial charge in [0.15, 0.2) is 0 Å². The first kappa shape index (κ1) is 14.6. The molecule has 0 saturated heterocycles. The van der Waals surface area contributed by atoms with Gasteiger partial charge in [-0.15, -0.1) is 0 Å². The van der Waals surface area contributed by atoms with Gasteiger partial charge in [-0.05, 0) is 62.6 Å². The summed E-state index contributed by atoms with van der Waals surface area (Å²) < 4.78 is 0. The monoisotopic (exact) mass is 259 g/mol. The number of hydrogen-bond donors (Lipinski definition) is 1. The minimum atomic E-state index is 0.738. The molecule has 1 saturated carbocycles. The maximum Gasteiger partial charge on any atom is 0.00984 e. The molecule has 1 aliphatic carbocycles. The first-order valence-electron chi connectivity index (χ1n) is 8.09. The molecule has 1 fully saturated rings. The second-order valence-corrected chi connectivity index (χ2v) is 6.07. The Kier molecular flexibility index (Phi) is 5.91. The van der Waals surface area contributed by atoms with Crippen LogP contribution in [0.1, 0.15) is 56.6 Å². The van der Waals surface area contributed by atoms with E-state index >= 15 is 0 Å². The van der Waals surface area contributed by atoms with Gasteiger partial charge in [0, 0.05) is 6.04 Å². The molecule has 0 spiro atoms. The summed E-state index contributed by atoms with van der Waals surface area (Å²) in [4.78, 5) is 0. The number of aryl methyl sites for hydroxylation is 2. The highest BCUT2D eigenvalue weighted by atomic mass is 14.9. The molecular formula is C18H29N. The van der Waals surface area contributed by atoms with E-state index in [0.717, 1.165) is 12.0 Å². The van der Waals surface area contributed by atoms with Gasteiger partial charge in [0.25, 0.3) is 0 Å². The molecule has 1 aliphatic rings. The third-order valence-corrected chi connectivity index (χ3v) is 4.61. The van der Waals surface area contributed by atoms with Crippen LogP contribution in [0, 0.1) is 12.8 Å². The van der Waals surface area contributed by atoms with E-state index in [1.54, 1.807) is 0 Å². The van der Waals surface area contributed by atoms with E-state index in [-0.39, 0.29) is 0 Å². The standard InChI is InChI=1S/C18H29N/c1-3-14-19-18(17-10-6-7-11-17)13-12-16-9-5-4-8-15(16)2/h4-5,8-9,17-19H,3,6-7,10-14H2,1-2H3. The zero-order valence-corrected chi connectivity index (χ0v) is 12.6. The van der Waals surface area contributed by atoms with Gasteiger partial charge in [-0.2, -0.15) is 0 Å². The summed E-state index contributed by atoms with van der Waals surface area (Å²) in [6.45, 7) is 5.67. The second-order valence-electron chi connectivity index (χ2n) is 6.07. The summed E-state index contributed by atoms with van der Waals surface area (Å²) in [5.41, 5.74) is 2.98. The Morgan fingerprint density at radius 1 is 1.21 bits per heavy atom. The minimum Gasteiger partial charge on any atom is -0.314 e. The Labute approximate surface area is 118 Å². The molecule has 0 amide bonds. The molecular weight excluding hydrogens is 230 g/mol. The molecule has 1 atom stereocenters. The Morgan fingerprint density at radius 2 is 1.95 bits per heavy atom. The van der Waals surface area contributed by atoms with Crippen molar-refractivity contribution in [3.05, 3.63) is 35.4 Å². The SMILES string of the molecule is CCCNC(CCc1ccccc1C)C1CCCC1.